The Balaban J connectivity index is 2.23. The van der Waals surface area contributed by atoms with Crippen LogP contribution in [0.25, 0.3) is 0 Å². The van der Waals surface area contributed by atoms with E-state index in [-0.39, 0.29) is 31.8 Å². The van der Waals surface area contributed by atoms with Gasteiger partial charge in [0.05, 0.1) is 6.04 Å². The van der Waals surface area contributed by atoms with Gasteiger partial charge in [0.2, 0.25) is 17.7 Å². The fourth-order valence-corrected chi connectivity index (χ4v) is 4.11. The highest BCUT2D eigenvalue weighted by Gasteiger charge is 2.31. The quantitative estimate of drug-likeness (QED) is 0.0833. The molecule has 0 aliphatic heterocycles. The van der Waals surface area contributed by atoms with Crippen molar-refractivity contribution >= 4 is 29.7 Å². The molecule has 2 aromatic rings. The third-order valence-electron chi connectivity index (χ3n) is 6.36. The van der Waals surface area contributed by atoms with E-state index in [1.54, 1.807) is 13.8 Å². The molecular formula is C29H41N7O5. The van der Waals surface area contributed by atoms with Crippen LogP contribution in [-0.2, 0) is 32.0 Å². The molecule has 0 heterocycles. The van der Waals surface area contributed by atoms with Crippen molar-refractivity contribution in [3.63, 3.8) is 0 Å². The molecule has 41 heavy (non-hydrogen) atoms. The van der Waals surface area contributed by atoms with Crippen molar-refractivity contribution in [1.82, 2.24) is 16.0 Å². The van der Waals surface area contributed by atoms with Crippen molar-refractivity contribution in [3.05, 3.63) is 71.8 Å². The van der Waals surface area contributed by atoms with E-state index in [4.69, 9.17) is 17.2 Å². The van der Waals surface area contributed by atoms with Gasteiger partial charge in [-0.3, -0.25) is 19.4 Å². The molecule has 0 spiro atoms. The van der Waals surface area contributed by atoms with Gasteiger partial charge in [-0.2, -0.15) is 0 Å². The van der Waals surface area contributed by atoms with Gasteiger partial charge in [-0.15, -0.1) is 0 Å². The summed E-state index contributed by atoms with van der Waals surface area (Å²) < 4.78 is 0. The number of carbonyl (C=O) groups is 4. The lowest BCUT2D eigenvalue weighted by Gasteiger charge is -2.26. The van der Waals surface area contributed by atoms with E-state index in [0.29, 0.717) is 6.42 Å². The third kappa shape index (κ3) is 11.7. The molecule has 12 nitrogen and oxygen atoms in total. The second-order valence-electron chi connectivity index (χ2n) is 10.1. The van der Waals surface area contributed by atoms with Crippen LogP contribution in [0.1, 0.15) is 37.8 Å². The van der Waals surface area contributed by atoms with E-state index in [0.717, 1.165) is 11.1 Å². The Kier molecular flexibility index (Phi) is 13.3. The fraction of sp³-hybridized carbons (Fsp3) is 0.414. The van der Waals surface area contributed by atoms with Crippen LogP contribution >= 0.6 is 0 Å². The number of nitrogens with zero attached hydrogens (tertiary/aromatic N) is 1. The molecule has 4 unspecified atom stereocenters. The molecule has 10 N–H and O–H groups in total. The number of guanidine groups is 1. The highest BCUT2D eigenvalue weighted by atomic mass is 16.4. The third-order valence-corrected chi connectivity index (χ3v) is 6.36. The van der Waals surface area contributed by atoms with Crippen LogP contribution < -0.4 is 33.2 Å². The molecule has 3 amide bonds. The fourth-order valence-electron chi connectivity index (χ4n) is 4.11. The van der Waals surface area contributed by atoms with Crippen molar-refractivity contribution in [2.24, 2.45) is 28.1 Å². The Morgan fingerprint density at radius 3 is 1.80 bits per heavy atom. The topological polar surface area (TPSA) is 215 Å². The Hall–Kier alpha value is -4.45. The van der Waals surface area contributed by atoms with E-state index in [9.17, 15) is 24.3 Å². The minimum absolute atomic E-state index is 0.113. The van der Waals surface area contributed by atoms with Crippen molar-refractivity contribution in [2.75, 3.05) is 6.54 Å². The summed E-state index contributed by atoms with van der Waals surface area (Å²) in [5, 5.41) is 17.5. The minimum Gasteiger partial charge on any atom is -0.480 e. The number of amides is 3. The zero-order valence-electron chi connectivity index (χ0n) is 23.5. The highest BCUT2D eigenvalue weighted by Crippen LogP contribution is 2.09. The van der Waals surface area contributed by atoms with Gasteiger partial charge >= 0.3 is 5.97 Å². The summed E-state index contributed by atoms with van der Waals surface area (Å²) in [7, 11) is 0. The first-order valence-electron chi connectivity index (χ1n) is 13.5. The number of rotatable bonds is 16. The molecule has 0 saturated carbocycles. The van der Waals surface area contributed by atoms with Gasteiger partial charge in [0.25, 0.3) is 0 Å². The van der Waals surface area contributed by atoms with E-state index >= 15 is 0 Å². The maximum absolute atomic E-state index is 13.5. The summed E-state index contributed by atoms with van der Waals surface area (Å²) >= 11 is 0. The Bertz CT molecular complexity index is 1170. The second-order valence-corrected chi connectivity index (χ2v) is 10.1. The van der Waals surface area contributed by atoms with E-state index in [1.807, 2.05) is 60.7 Å². The van der Waals surface area contributed by atoms with Crippen LogP contribution in [0.5, 0.6) is 0 Å². The Labute approximate surface area is 240 Å². The molecule has 0 fully saturated rings. The van der Waals surface area contributed by atoms with Crippen molar-refractivity contribution in [1.29, 1.82) is 0 Å². The molecule has 2 aromatic carbocycles. The average molecular weight is 568 g/mol. The van der Waals surface area contributed by atoms with Crippen molar-refractivity contribution in [2.45, 2.75) is 63.7 Å². The highest BCUT2D eigenvalue weighted by molar-refractivity contribution is 5.94. The molecule has 0 saturated heterocycles. The maximum atomic E-state index is 13.5. The van der Waals surface area contributed by atoms with E-state index in [1.165, 1.54) is 0 Å². The lowest BCUT2D eigenvalue weighted by molar-refractivity contribution is -0.143. The number of carboxylic acid groups (broad SMARTS) is 1. The summed E-state index contributed by atoms with van der Waals surface area (Å²) in [5.41, 5.74) is 18.6. The molecule has 0 aromatic heterocycles. The van der Waals surface area contributed by atoms with Crippen molar-refractivity contribution in [3.8, 4) is 0 Å². The number of aliphatic carboxylic acids is 1. The van der Waals surface area contributed by atoms with E-state index < -0.39 is 53.8 Å². The lowest BCUT2D eigenvalue weighted by Crippen LogP contribution is -2.58. The minimum atomic E-state index is -1.19. The molecule has 4 atom stereocenters. The van der Waals surface area contributed by atoms with Crippen LogP contribution in [0.4, 0.5) is 0 Å². The number of nitrogens with two attached hydrogens (primary N) is 3. The van der Waals surface area contributed by atoms with Crippen LogP contribution in [0.15, 0.2) is 65.7 Å². The number of nitrogens with one attached hydrogen (secondary N) is 3. The Morgan fingerprint density at radius 2 is 1.29 bits per heavy atom. The number of carbonyl (C=O) groups excluding carboxylic acids is 3. The number of aliphatic imine (C=N–C) groups is 1. The first-order chi connectivity index (χ1) is 19.5. The number of hydrogen-bond donors (Lipinski definition) is 7. The molecular weight excluding hydrogens is 526 g/mol. The smallest absolute Gasteiger partial charge is 0.326 e. The molecule has 0 aliphatic carbocycles. The second kappa shape index (κ2) is 16.6. The summed E-state index contributed by atoms with van der Waals surface area (Å²) in [4.78, 5) is 55.3. The zero-order chi connectivity index (χ0) is 30.4. The van der Waals surface area contributed by atoms with Gasteiger partial charge in [-0.25, -0.2) is 4.79 Å². The summed E-state index contributed by atoms with van der Waals surface area (Å²) in [5.74, 6) is -3.52. The van der Waals surface area contributed by atoms with Gasteiger partial charge in [0, 0.05) is 13.0 Å². The number of hydrogen-bond acceptors (Lipinski definition) is 6. The number of benzene rings is 2. The predicted molar refractivity (Wildman–Crippen MR) is 156 cm³/mol. The summed E-state index contributed by atoms with van der Waals surface area (Å²) in [6.45, 7) is 3.53. The normalized spacial score (nSPS) is 13.8. The van der Waals surface area contributed by atoms with Gasteiger partial charge in [0.1, 0.15) is 18.1 Å². The monoisotopic (exact) mass is 567 g/mol. The summed E-state index contributed by atoms with van der Waals surface area (Å²) in [6, 6.07) is 14.1. The summed E-state index contributed by atoms with van der Waals surface area (Å²) in [6.07, 6.45) is 0.863. The SMILES string of the molecule is CC(C)C(NC(=O)C(CCCN=C(N)N)NC(=O)C(Cc1ccccc1)NC(=O)C(N)Cc1ccccc1)C(=O)O. The largest absolute Gasteiger partial charge is 0.480 e. The molecule has 0 aliphatic rings. The van der Waals surface area contributed by atoms with Crippen LogP contribution in [0.2, 0.25) is 0 Å². The molecule has 0 radical (unpaired) electrons. The Morgan fingerprint density at radius 1 is 0.780 bits per heavy atom. The van der Waals surface area contributed by atoms with E-state index in [2.05, 4.69) is 20.9 Å². The van der Waals surface area contributed by atoms with Gasteiger partial charge in [-0.1, -0.05) is 74.5 Å². The lowest BCUT2D eigenvalue weighted by atomic mass is 10.0. The van der Waals surface area contributed by atoms with Crippen molar-refractivity contribution < 1.29 is 24.3 Å². The standard InChI is InChI=1S/C29H41N7O5/c1-18(2)24(28(40)41)36-26(38)22(14-9-15-33-29(31)32)34-27(39)23(17-20-12-7-4-8-13-20)35-25(37)21(30)16-19-10-5-3-6-11-19/h3-8,10-13,18,21-24H,9,14-17,30H2,1-2H3,(H,34,39)(H,35,37)(H,36,38)(H,40,41)(H4,31,32,33). The molecule has 12 heteroatoms. The molecule has 0 bridgehead atoms. The van der Waals surface area contributed by atoms with Crippen LogP contribution in [0, 0.1) is 5.92 Å². The number of carboxylic acids is 1. The van der Waals surface area contributed by atoms with Gasteiger partial charge in [0.15, 0.2) is 5.96 Å². The van der Waals surface area contributed by atoms with Crippen LogP contribution in [-0.4, -0.2) is 65.5 Å². The first kappa shape index (κ1) is 32.8. The first-order valence-corrected chi connectivity index (χ1v) is 13.5. The molecule has 2 rings (SSSR count). The predicted octanol–water partition coefficient (Wildman–Crippen LogP) is 0.0477. The van der Waals surface area contributed by atoms with Gasteiger partial charge in [-0.05, 0) is 36.3 Å². The van der Waals surface area contributed by atoms with Gasteiger partial charge < -0.3 is 38.3 Å². The zero-order valence-corrected chi connectivity index (χ0v) is 23.5. The molecule has 222 valence electrons. The maximum Gasteiger partial charge on any atom is 0.326 e. The average Bonchev–Trinajstić information content (AvgIpc) is 2.93. The van der Waals surface area contributed by atoms with Crippen LogP contribution in [0.3, 0.4) is 0 Å².